The minimum Gasteiger partial charge on any atom is -0.313 e. The van der Waals surface area contributed by atoms with E-state index in [0.717, 1.165) is 25.8 Å². The molecule has 0 heterocycles. The normalized spacial score (nSPS) is 14.8. The number of hydrogen-bond acceptors (Lipinski definition) is 3. The Labute approximate surface area is 113 Å². The molecule has 0 aliphatic heterocycles. The molecule has 0 aromatic carbocycles. The lowest BCUT2D eigenvalue weighted by Gasteiger charge is -2.28. The molecule has 0 spiro atoms. The molecule has 1 unspecified atom stereocenters. The Morgan fingerprint density at radius 2 is 1.78 bits per heavy atom. The van der Waals surface area contributed by atoms with Gasteiger partial charge in [-0.05, 0) is 52.6 Å². The van der Waals surface area contributed by atoms with Gasteiger partial charge in [-0.2, -0.15) is 5.26 Å². The lowest BCUT2D eigenvalue weighted by molar-refractivity contribution is 0.208. The van der Waals surface area contributed by atoms with Gasteiger partial charge in [-0.15, -0.1) is 0 Å². The van der Waals surface area contributed by atoms with E-state index in [9.17, 15) is 0 Å². The molecule has 106 valence electrons. The summed E-state index contributed by atoms with van der Waals surface area (Å²) in [6.07, 6.45) is 6.40. The fourth-order valence-electron chi connectivity index (χ4n) is 2.10. The summed E-state index contributed by atoms with van der Waals surface area (Å²) in [6.45, 7) is 10.9. The van der Waals surface area contributed by atoms with Crippen molar-refractivity contribution in [1.82, 2.24) is 4.90 Å². The molecule has 2 N–H and O–H groups in total. The van der Waals surface area contributed by atoms with Crippen molar-refractivity contribution in [3.05, 3.63) is 0 Å². The van der Waals surface area contributed by atoms with E-state index in [0.29, 0.717) is 6.04 Å². The van der Waals surface area contributed by atoms with Gasteiger partial charge in [0, 0.05) is 6.04 Å². The van der Waals surface area contributed by atoms with Crippen LogP contribution in [0.3, 0.4) is 0 Å². The Kier molecular flexibility index (Phi) is 9.05. The summed E-state index contributed by atoms with van der Waals surface area (Å²) in [7, 11) is 0. The first-order valence-electron chi connectivity index (χ1n) is 7.43. The Morgan fingerprint density at radius 1 is 1.17 bits per heavy atom. The lowest BCUT2D eigenvalue weighted by Crippen LogP contribution is -2.39. The van der Waals surface area contributed by atoms with Crippen LogP contribution in [0, 0.1) is 11.3 Å². The van der Waals surface area contributed by atoms with Crippen LogP contribution in [-0.2, 0) is 0 Å². The zero-order chi connectivity index (χ0) is 14.0. The fraction of sp³-hybridized carbons (Fsp3) is 0.933. The monoisotopic (exact) mass is 253 g/mol. The Hall–Kier alpha value is -0.590. The van der Waals surface area contributed by atoms with Gasteiger partial charge < -0.3 is 10.6 Å². The molecule has 0 rings (SSSR count). The number of nitriles is 1. The third-order valence-electron chi connectivity index (χ3n) is 3.70. The summed E-state index contributed by atoms with van der Waals surface area (Å²) < 4.78 is 0. The number of unbranched alkanes of at least 4 members (excludes halogenated alkanes) is 2. The maximum Gasteiger partial charge on any atom is 0.104 e. The van der Waals surface area contributed by atoms with Gasteiger partial charge in [0.05, 0.1) is 6.07 Å². The molecule has 3 heteroatoms. The highest BCUT2D eigenvalue weighted by Crippen LogP contribution is 2.14. The van der Waals surface area contributed by atoms with E-state index in [1.165, 1.54) is 25.8 Å². The van der Waals surface area contributed by atoms with Crippen molar-refractivity contribution in [1.29, 1.82) is 5.26 Å². The highest BCUT2D eigenvalue weighted by Gasteiger charge is 2.21. The largest absolute Gasteiger partial charge is 0.313 e. The van der Waals surface area contributed by atoms with Crippen LogP contribution in [0.2, 0.25) is 0 Å². The summed E-state index contributed by atoms with van der Waals surface area (Å²) in [5, 5.41) is 9.04. The molecular formula is C15H31N3. The maximum absolute atomic E-state index is 9.04. The zero-order valence-electron chi connectivity index (χ0n) is 12.7. The van der Waals surface area contributed by atoms with Crippen molar-refractivity contribution in [3.63, 3.8) is 0 Å². The van der Waals surface area contributed by atoms with Crippen LogP contribution in [-0.4, -0.2) is 29.6 Å². The average molecular weight is 253 g/mol. The molecule has 0 saturated carbocycles. The molecule has 0 radical (unpaired) electrons. The van der Waals surface area contributed by atoms with E-state index in [-0.39, 0.29) is 0 Å². The smallest absolute Gasteiger partial charge is 0.104 e. The van der Waals surface area contributed by atoms with Gasteiger partial charge in [-0.1, -0.05) is 26.7 Å². The third-order valence-corrected chi connectivity index (χ3v) is 3.70. The van der Waals surface area contributed by atoms with Crippen LogP contribution in [0.25, 0.3) is 0 Å². The van der Waals surface area contributed by atoms with Crippen LogP contribution in [0.4, 0.5) is 0 Å². The standard InChI is InChI=1S/C15H31N3/c1-5-7-8-11-18(14(3)4)12-9-10-15(17,6-2)13-16/h14H,5-12,17H2,1-4H3. The van der Waals surface area contributed by atoms with Gasteiger partial charge in [0.2, 0.25) is 0 Å². The van der Waals surface area contributed by atoms with Crippen LogP contribution in [0.1, 0.15) is 66.2 Å². The van der Waals surface area contributed by atoms with Gasteiger partial charge in [0.1, 0.15) is 5.54 Å². The van der Waals surface area contributed by atoms with Gasteiger partial charge in [0.25, 0.3) is 0 Å². The molecule has 0 aromatic heterocycles. The number of hydrogen-bond donors (Lipinski definition) is 1. The zero-order valence-corrected chi connectivity index (χ0v) is 12.7. The van der Waals surface area contributed by atoms with Crippen molar-refractivity contribution >= 4 is 0 Å². The van der Waals surface area contributed by atoms with E-state index in [1.807, 2.05) is 6.92 Å². The molecule has 0 aromatic rings. The van der Waals surface area contributed by atoms with Gasteiger partial charge >= 0.3 is 0 Å². The first-order chi connectivity index (χ1) is 8.49. The second-order valence-electron chi connectivity index (χ2n) is 5.56. The quantitative estimate of drug-likeness (QED) is 0.608. The number of nitrogens with two attached hydrogens (primary N) is 1. The minimum absolute atomic E-state index is 0.581. The van der Waals surface area contributed by atoms with Crippen molar-refractivity contribution in [2.75, 3.05) is 13.1 Å². The predicted molar refractivity (Wildman–Crippen MR) is 78.3 cm³/mol. The summed E-state index contributed by atoms with van der Waals surface area (Å²) in [6, 6.07) is 2.82. The summed E-state index contributed by atoms with van der Waals surface area (Å²) in [5.74, 6) is 0. The second-order valence-corrected chi connectivity index (χ2v) is 5.56. The van der Waals surface area contributed by atoms with E-state index >= 15 is 0 Å². The van der Waals surface area contributed by atoms with Crippen molar-refractivity contribution in [2.45, 2.75) is 77.8 Å². The van der Waals surface area contributed by atoms with Gasteiger partial charge in [0.15, 0.2) is 0 Å². The molecule has 0 aliphatic rings. The topological polar surface area (TPSA) is 53.0 Å². The average Bonchev–Trinajstić information content (AvgIpc) is 2.36. The van der Waals surface area contributed by atoms with Gasteiger partial charge in [-0.3, -0.25) is 0 Å². The van der Waals surface area contributed by atoms with E-state index in [1.54, 1.807) is 0 Å². The van der Waals surface area contributed by atoms with E-state index in [2.05, 4.69) is 31.7 Å². The van der Waals surface area contributed by atoms with Crippen LogP contribution in [0.5, 0.6) is 0 Å². The highest BCUT2D eigenvalue weighted by molar-refractivity contribution is 5.03. The maximum atomic E-state index is 9.04. The van der Waals surface area contributed by atoms with Crippen molar-refractivity contribution in [3.8, 4) is 6.07 Å². The van der Waals surface area contributed by atoms with E-state index in [4.69, 9.17) is 11.0 Å². The SMILES string of the molecule is CCCCCN(CCCC(N)(C#N)CC)C(C)C. The Morgan fingerprint density at radius 3 is 2.22 bits per heavy atom. The second kappa shape index (κ2) is 9.35. The molecule has 0 bridgehead atoms. The van der Waals surface area contributed by atoms with Gasteiger partial charge in [-0.25, -0.2) is 0 Å². The van der Waals surface area contributed by atoms with Crippen molar-refractivity contribution < 1.29 is 0 Å². The summed E-state index contributed by atoms with van der Waals surface area (Å²) in [4.78, 5) is 2.50. The predicted octanol–water partition coefficient (Wildman–Crippen LogP) is 3.30. The summed E-state index contributed by atoms with van der Waals surface area (Å²) in [5.41, 5.74) is 5.38. The van der Waals surface area contributed by atoms with Crippen molar-refractivity contribution in [2.24, 2.45) is 5.73 Å². The van der Waals surface area contributed by atoms with Crippen LogP contribution >= 0.6 is 0 Å². The molecule has 0 amide bonds. The number of rotatable bonds is 10. The lowest BCUT2D eigenvalue weighted by atomic mass is 9.93. The van der Waals surface area contributed by atoms with Crippen LogP contribution < -0.4 is 5.73 Å². The fourth-order valence-corrected chi connectivity index (χ4v) is 2.10. The summed E-state index contributed by atoms with van der Waals surface area (Å²) >= 11 is 0. The minimum atomic E-state index is -0.619. The molecule has 18 heavy (non-hydrogen) atoms. The molecule has 0 fully saturated rings. The first-order valence-corrected chi connectivity index (χ1v) is 7.43. The highest BCUT2D eigenvalue weighted by atomic mass is 15.1. The number of nitrogens with zero attached hydrogens (tertiary/aromatic N) is 2. The Balaban J connectivity index is 4.01. The molecule has 0 aliphatic carbocycles. The Bertz CT molecular complexity index is 245. The third kappa shape index (κ3) is 6.98. The molecular weight excluding hydrogens is 222 g/mol. The first kappa shape index (κ1) is 17.4. The molecule has 1 atom stereocenters. The van der Waals surface area contributed by atoms with E-state index < -0.39 is 5.54 Å². The van der Waals surface area contributed by atoms with Crippen LogP contribution in [0.15, 0.2) is 0 Å². The molecule has 3 nitrogen and oxygen atoms in total. The molecule has 0 saturated heterocycles.